The lowest BCUT2D eigenvalue weighted by Gasteiger charge is -2.20. The van der Waals surface area contributed by atoms with E-state index >= 15 is 0 Å². The van der Waals surface area contributed by atoms with Gasteiger partial charge in [0, 0.05) is 0 Å². The van der Waals surface area contributed by atoms with Crippen LogP contribution >= 0.6 is 0 Å². The van der Waals surface area contributed by atoms with Crippen molar-refractivity contribution in [1.29, 1.82) is 0 Å². The molecule has 0 aliphatic heterocycles. The van der Waals surface area contributed by atoms with Crippen LogP contribution in [0.1, 0.15) is 22.8 Å². The number of hydrogen-bond donors (Lipinski definition) is 0. The second kappa shape index (κ2) is 6.27. The minimum Gasteiger partial charge on any atom is -0.481 e. The summed E-state index contributed by atoms with van der Waals surface area (Å²) < 4.78 is 6.21. The predicted molar refractivity (Wildman–Crippen MR) is 85.4 cm³/mol. The summed E-state index contributed by atoms with van der Waals surface area (Å²) in [6, 6.07) is 29.4. The number of benzene rings is 3. The Labute approximate surface area is 125 Å². The van der Waals surface area contributed by atoms with Gasteiger partial charge < -0.3 is 4.74 Å². The fourth-order valence-electron chi connectivity index (χ4n) is 2.28. The molecule has 1 heteroatoms. The first kappa shape index (κ1) is 13.4. The Bertz CT molecular complexity index is 672. The molecule has 0 fully saturated rings. The van der Waals surface area contributed by atoms with E-state index in [2.05, 4.69) is 49.4 Å². The van der Waals surface area contributed by atoms with Crippen LogP contribution < -0.4 is 4.74 Å². The van der Waals surface area contributed by atoms with Crippen molar-refractivity contribution in [3.8, 4) is 5.75 Å². The van der Waals surface area contributed by atoms with Crippen LogP contribution in [0.4, 0.5) is 0 Å². The summed E-state index contributed by atoms with van der Waals surface area (Å²) in [6.07, 6.45) is -0.103. The van der Waals surface area contributed by atoms with Crippen molar-refractivity contribution in [2.45, 2.75) is 13.0 Å². The zero-order valence-electron chi connectivity index (χ0n) is 12.0. The lowest BCUT2D eigenvalue weighted by atomic mass is 10.0. The van der Waals surface area contributed by atoms with Crippen molar-refractivity contribution < 1.29 is 4.74 Å². The highest BCUT2D eigenvalue weighted by Gasteiger charge is 2.15. The number of hydrogen-bond acceptors (Lipinski definition) is 1. The van der Waals surface area contributed by atoms with Crippen molar-refractivity contribution >= 4 is 0 Å². The van der Waals surface area contributed by atoms with E-state index in [4.69, 9.17) is 4.74 Å². The Morgan fingerprint density at radius 1 is 0.762 bits per heavy atom. The van der Waals surface area contributed by atoms with Gasteiger partial charge in [0.1, 0.15) is 11.9 Å². The summed E-state index contributed by atoms with van der Waals surface area (Å²) in [5.74, 6) is 0.850. The van der Waals surface area contributed by atoms with Gasteiger partial charge in [-0.05, 0) is 36.2 Å². The van der Waals surface area contributed by atoms with Gasteiger partial charge in [-0.2, -0.15) is 0 Å². The molecule has 0 spiro atoms. The zero-order valence-corrected chi connectivity index (χ0v) is 12.0. The lowest BCUT2D eigenvalue weighted by molar-refractivity contribution is 0.247. The van der Waals surface area contributed by atoms with Crippen molar-refractivity contribution in [3.63, 3.8) is 0 Å². The molecule has 0 saturated carbocycles. The molecule has 1 unspecified atom stereocenters. The van der Waals surface area contributed by atoms with Gasteiger partial charge in [0.25, 0.3) is 0 Å². The highest BCUT2D eigenvalue weighted by atomic mass is 16.5. The highest BCUT2D eigenvalue weighted by molar-refractivity contribution is 5.34. The molecule has 103 valence electrons. The van der Waals surface area contributed by atoms with E-state index in [9.17, 15) is 0 Å². The summed E-state index contributed by atoms with van der Waals surface area (Å²) in [6.45, 7) is 2.09. The second-order valence-electron chi connectivity index (χ2n) is 5.05. The van der Waals surface area contributed by atoms with Gasteiger partial charge in [-0.1, -0.05) is 72.3 Å². The number of rotatable bonds is 4. The highest BCUT2D eigenvalue weighted by Crippen LogP contribution is 2.28. The van der Waals surface area contributed by atoms with Crippen LogP contribution in [0.2, 0.25) is 0 Å². The van der Waals surface area contributed by atoms with Crippen LogP contribution in [0, 0.1) is 13.0 Å². The van der Waals surface area contributed by atoms with Crippen molar-refractivity contribution in [2.75, 3.05) is 0 Å². The van der Waals surface area contributed by atoms with Crippen LogP contribution in [-0.4, -0.2) is 0 Å². The van der Waals surface area contributed by atoms with Gasteiger partial charge in [0.15, 0.2) is 0 Å². The molecular weight excluding hydrogens is 256 g/mol. The molecule has 0 amide bonds. The standard InChI is InChI=1S/C20H17O/c1-16-12-14-18(15-13-16)20(17-8-4-2-5-9-17)21-19-10-6-3-7-11-19/h2,4-15,20H,1H3. The molecule has 3 aromatic carbocycles. The van der Waals surface area contributed by atoms with E-state index in [1.54, 1.807) is 0 Å². The Morgan fingerprint density at radius 2 is 1.38 bits per heavy atom. The Morgan fingerprint density at radius 3 is 2.05 bits per heavy atom. The van der Waals surface area contributed by atoms with E-state index in [1.807, 2.05) is 42.5 Å². The molecule has 0 aliphatic carbocycles. The third-order valence-electron chi connectivity index (χ3n) is 3.42. The Hall–Kier alpha value is -2.54. The number of aryl methyl sites for hydroxylation is 1. The minimum atomic E-state index is -0.103. The monoisotopic (exact) mass is 273 g/mol. The maximum atomic E-state index is 6.21. The minimum absolute atomic E-state index is 0.103. The van der Waals surface area contributed by atoms with Gasteiger partial charge in [-0.25, -0.2) is 0 Å². The second-order valence-corrected chi connectivity index (χ2v) is 5.05. The molecule has 21 heavy (non-hydrogen) atoms. The summed E-state index contributed by atoms with van der Waals surface area (Å²) in [7, 11) is 0. The van der Waals surface area contributed by atoms with Crippen LogP contribution in [0.3, 0.4) is 0 Å². The van der Waals surface area contributed by atoms with Gasteiger partial charge in [0.2, 0.25) is 0 Å². The molecule has 1 radical (unpaired) electrons. The molecule has 0 heterocycles. The topological polar surface area (TPSA) is 9.23 Å². The molecule has 0 saturated heterocycles. The van der Waals surface area contributed by atoms with Gasteiger partial charge >= 0.3 is 0 Å². The Balaban J connectivity index is 1.97. The van der Waals surface area contributed by atoms with E-state index < -0.39 is 0 Å². The van der Waals surface area contributed by atoms with Crippen LogP contribution in [0.25, 0.3) is 0 Å². The maximum Gasteiger partial charge on any atom is 0.149 e. The van der Waals surface area contributed by atoms with Gasteiger partial charge in [-0.15, -0.1) is 0 Å². The SMILES string of the molecule is Cc1ccc(C(Oc2cc[c]cc2)c2ccccc2)cc1. The van der Waals surface area contributed by atoms with E-state index in [1.165, 1.54) is 5.56 Å². The third kappa shape index (κ3) is 3.32. The van der Waals surface area contributed by atoms with Gasteiger partial charge in [0.05, 0.1) is 0 Å². The van der Waals surface area contributed by atoms with Crippen LogP contribution in [-0.2, 0) is 0 Å². The molecule has 1 atom stereocenters. The normalized spacial score (nSPS) is 11.9. The van der Waals surface area contributed by atoms with E-state index in [0.717, 1.165) is 16.9 Å². The van der Waals surface area contributed by atoms with Crippen LogP contribution in [0.5, 0.6) is 5.75 Å². The summed E-state index contributed by atoms with van der Waals surface area (Å²) in [4.78, 5) is 0. The third-order valence-corrected chi connectivity index (χ3v) is 3.42. The smallest absolute Gasteiger partial charge is 0.149 e. The summed E-state index contributed by atoms with van der Waals surface area (Å²) >= 11 is 0. The molecule has 1 nitrogen and oxygen atoms in total. The largest absolute Gasteiger partial charge is 0.481 e. The summed E-state index contributed by atoms with van der Waals surface area (Å²) in [5, 5.41) is 0. The molecule has 0 bridgehead atoms. The molecule has 0 aromatic heterocycles. The predicted octanol–water partition coefficient (Wildman–Crippen LogP) is 4.96. The maximum absolute atomic E-state index is 6.21. The molecular formula is C20H17O. The lowest BCUT2D eigenvalue weighted by Crippen LogP contribution is -2.09. The molecule has 3 aromatic rings. The summed E-state index contributed by atoms with van der Waals surface area (Å²) in [5.41, 5.74) is 3.55. The number of ether oxygens (including phenoxy) is 1. The zero-order chi connectivity index (χ0) is 14.5. The molecule has 0 N–H and O–H groups in total. The average Bonchev–Trinajstić information content (AvgIpc) is 2.55. The van der Waals surface area contributed by atoms with Crippen molar-refractivity contribution in [1.82, 2.24) is 0 Å². The van der Waals surface area contributed by atoms with Crippen molar-refractivity contribution in [3.05, 3.63) is 102 Å². The molecule has 0 aliphatic rings. The average molecular weight is 273 g/mol. The first-order valence-electron chi connectivity index (χ1n) is 7.07. The Kier molecular flexibility index (Phi) is 4.02. The fraction of sp³-hybridized carbons (Fsp3) is 0.100. The molecule has 3 rings (SSSR count). The van der Waals surface area contributed by atoms with E-state index in [0.29, 0.717) is 0 Å². The first-order chi connectivity index (χ1) is 10.3. The van der Waals surface area contributed by atoms with Crippen LogP contribution in [0.15, 0.2) is 78.9 Å². The quantitative estimate of drug-likeness (QED) is 0.652. The van der Waals surface area contributed by atoms with Gasteiger partial charge in [-0.3, -0.25) is 0 Å². The van der Waals surface area contributed by atoms with E-state index in [-0.39, 0.29) is 6.10 Å². The van der Waals surface area contributed by atoms with Crippen molar-refractivity contribution in [2.24, 2.45) is 0 Å². The first-order valence-corrected chi connectivity index (χ1v) is 7.07. The fourth-order valence-corrected chi connectivity index (χ4v) is 2.28.